The van der Waals surface area contributed by atoms with Gasteiger partial charge >= 0.3 is 0 Å². The summed E-state index contributed by atoms with van der Waals surface area (Å²) in [5.41, 5.74) is 0.451. The van der Waals surface area contributed by atoms with Crippen molar-refractivity contribution in [2.45, 2.75) is 20.3 Å². The third-order valence-corrected chi connectivity index (χ3v) is 4.23. The van der Waals surface area contributed by atoms with Gasteiger partial charge < -0.3 is 4.74 Å². The van der Waals surface area contributed by atoms with Crippen LogP contribution in [0.2, 0.25) is 0 Å². The summed E-state index contributed by atoms with van der Waals surface area (Å²) in [4.78, 5) is 12.6. The fourth-order valence-corrected chi connectivity index (χ4v) is 3.21. The molecule has 1 heterocycles. The molecule has 25 heavy (non-hydrogen) atoms. The highest BCUT2D eigenvalue weighted by molar-refractivity contribution is 7.15. The van der Waals surface area contributed by atoms with Crippen molar-refractivity contribution in [3.63, 3.8) is 0 Å². The third kappa shape index (κ3) is 4.64. The van der Waals surface area contributed by atoms with E-state index in [-0.39, 0.29) is 5.91 Å². The number of benzene rings is 2. The number of nitrogens with zero attached hydrogens (tertiary/aromatic N) is 2. The number of carbonyl (C=O) groups excluding carboxylic acids is 1. The largest absolute Gasteiger partial charge is 0.457 e. The Balaban J connectivity index is 1.75. The van der Waals surface area contributed by atoms with Crippen LogP contribution in [0.15, 0.2) is 54.6 Å². The van der Waals surface area contributed by atoms with Gasteiger partial charge in [0, 0.05) is 6.42 Å². The SMILES string of the molecule is CC(C)Cc1nnc(NC(=O)c2ccccc2Oc2ccccc2)s1. The number of aromatic nitrogens is 2. The zero-order chi connectivity index (χ0) is 17.6. The summed E-state index contributed by atoms with van der Waals surface area (Å²) in [6.07, 6.45) is 0.848. The van der Waals surface area contributed by atoms with Gasteiger partial charge in [-0.2, -0.15) is 0 Å². The Morgan fingerprint density at radius 1 is 1.08 bits per heavy atom. The average Bonchev–Trinajstić information content (AvgIpc) is 3.02. The zero-order valence-electron chi connectivity index (χ0n) is 14.1. The molecule has 0 aliphatic rings. The van der Waals surface area contributed by atoms with Gasteiger partial charge in [0.1, 0.15) is 16.5 Å². The van der Waals surface area contributed by atoms with Gasteiger partial charge in [0.2, 0.25) is 5.13 Å². The van der Waals surface area contributed by atoms with Crippen molar-refractivity contribution < 1.29 is 9.53 Å². The normalized spacial score (nSPS) is 10.7. The van der Waals surface area contributed by atoms with Gasteiger partial charge in [-0.25, -0.2) is 0 Å². The second kappa shape index (κ2) is 7.90. The molecule has 0 radical (unpaired) electrons. The van der Waals surface area contributed by atoms with E-state index in [9.17, 15) is 4.79 Å². The van der Waals surface area contributed by atoms with E-state index in [1.165, 1.54) is 11.3 Å². The number of para-hydroxylation sites is 2. The molecule has 0 saturated carbocycles. The Morgan fingerprint density at radius 3 is 2.56 bits per heavy atom. The van der Waals surface area contributed by atoms with Crippen LogP contribution >= 0.6 is 11.3 Å². The van der Waals surface area contributed by atoms with E-state index in [2.05, 4.69) is 29.4 Å². The molecule has 0 atom stereocenters. The topological polar surface area (TPSA) is 64.1 Å². The first-order chi connectivity index (χ1) is 12.1. The van der Waals surface area contributed by atoms with Gasteiger partial charge in [-0.3, -0.25) is 10.1 Å². The minimum Gasteiger partial charge on any atom is -0.457 e. The predicted molar refractivity (Wildman–Crippen MR) is 99.4 cm³/mol. The smallest absolute Gasteiger partial charge is 0.261 e. The monoisotopic (exact) mass is 353 g/mol. The van der Waals surface area contributed by atoms with Crippen LogP contribution in [-0.4, -0.2) is 16.1 Å². The molecular formula is C19H19N3O2S. The molecule has 128 valence electrons. The molecule has 0 bridgehead atoms. The summed E-state index contributed by atoms with van der Waals surface area (Å²) in [7, 11) is 0. The van der Waals surface area contributed by atoms with Crippen LogP contribution in [-0.2, 0) is 6.42 Å². The Morgan fingerprint density at radius 2 is 1.80 bits per heavy atom. The summed E-state index contributed by atoms with van der Waals surface area (Å²) in [5, 5.41) is 12.4. The quantitative estimate of drug-likeness (QED) is 0.692. The van der Waals surface area contributed by atoms with E-state index in [4.69, 9.17) is 4.74 Å². The maximum absolute atomic E-state index is 12.6. The summed E-state index contributed by atoms with van der Waals surface area (Å²) in [6.45, 7) is 4.24. The molecule has 3 rings (SSSR count). The lowest BCUT2D eigenvalue weighted by molar-refractivity contribution is 0.102. The van der Waals surface area contributed by atoms with Gasteiger partial charge in [-0.15, -0.1) is 10.2 Å². The molecule has 0 saturated heterocycles. The molecule has 0 unspecified atom stereocenters. The van der Waals surface area contributed by atoms with Gasteiger partial charge in [0.05, 0.1) is 5.56 Å². The Bertz CT molecular complexity index is 847. The van der Waals surface area contributed by atoms with E-state index in [0.29, 0.717) is 28.1 Å². The highest BCUT2D eigenvalue weighted by atomic mass is 32.1. The van der Waals surface area contributed by atoms with Gasteiger partial charge in [-0.05, 0) is 30.2 Å². The predicted octanol–water partition coefficient (Wildman–Crippen LogP) is 4.78. The number of nitrogens with one attached hydrogen (secondary N) is 1. The summed E-state index contributed by atoms with van der Waals surface area (Å²) in [5.74, 6) is 1.41. The van der Waals surface area contributed by atoms with Crippen molar-refractivity contribution in [3.05, 3.63) is 65.2 Å². The van der Waals surface area contributed by atoms with E-state index >= 15 is 0 Å². The molecule has 6 heteroatoms. The van der Waals surface area contributed by atoms with Crippen LogP contribution in [0.25, 0.3) is 0 Å². The van der Waals surface area contributed by atoms with Crippen molar-refractivity contribution >= 4 is 22.4 Å². The van der Waals surface area contributed by atoms with Crippen molar-refractivity contribution in [3.8, 4) is 11.5 Å². The standard InChI is InChI=1S/C19H19N3O2S/c1-13(2)12-17-21-22-19(25-17)20-18(23)15-10-6-7-11-16(15)24-14-8-4-3-5-9-14/h3-11,13H,12H2,1-2H3,(H,20,22,23). The maximum Gasteiger partial charge on any atom is 0.261 e. The van der Waals surface area contributed by atoms with Crippen LogP contribution < -0.4 is 10.1 Å². The molecule has 0 fully saturated rings. The van der Waals surface area contributed by atoms with E-state index in [1.54, 1.807) is 18.2 Å². The number of rotatable bonds is 6. The lowest BCUT2D eigenvalue weighted by Crippen LogP contribution is -2.12. The number of anilines is 1. The molecule has 3 aromatic rings. The van der Waals surface area contributed by atoms with Crippen molar-refractivity contribution in [1.82, 2.24) is 10.2 Å². The molecule has 1 N–H and O–H groups in total. The highest BCUT2D eigenvalue weighted by Gasteiger charge is 2.15. The van der Waals surface area contributed by atoms with E-state index < -0.39 is 0 Å². The Labute approximate surface area is 150 Å². The van der Waals surface area contributed by atoms with Crippen molar-refractivity contribution in [2.75, 3.05) is 5.32 Å². The lowest BCUT2D eigenvalue weighted by atomic mass is 10.1. The molecular weight excluding hydrogens is 334 g/mol. The molecule has 2 aromatic carbocycles. The zero-order valence-corrected chi connectivity index (χ0v) is 14.9. The van der Waals surface area contributed by atoms with Crippen LogP contribution in [0.4, 0.5) is 5.13 Å². The van der Waals surface area contributed by atoms with Crippen LogP contribution in [0, 0.1) is 5.92 Å². The number of amides is 1. The first-order valence-corrected chi connectivity index (χ1v) is 8.89. The van der Waals surface area contributed by atoms with Crippen LogP contribution in [0.3, 0.4) is 0 Å². The molecule has 0 aliphatic carbocycles. The van der Waals surface area contributed by atoms with Gasteiger partial charge in [-0.1, -0.05) is 55.5 Å². The lowest BCUT2D eigenvalue weighted by Gasteiger charge is -2.10. The maximum atomic E-state index is 12.6. The van der Waals surface area contributed by atoms with Crippen LogP contribution in [0.5, 0.6) is 11.5 Å². The second-order valence-corrected chi connectivity index (χ2v) is 7.03. The second-order valence-electron chi connectivity index (χ2n) is 5.96. The molecule has 0 spiro atoms. The number of ether oxygens (including phenoxy) is 1. The van der Waals surface area contributed by atoms with Crippen molar-refractivity contribution in [1.29, 1.82) is 0 Å². The van der Waals surface area contributed by atoms with Crippen LogP contribution in [0.1, 0.15) is 29.2 Å². The summed E-state index contributed by atoms with van der Waals surface area (Å²) < 4.78 is 5.83. The highest BCUT2D eigenvalue weighted by Crippen LogP contribution is 2.26. The summed E-state index contributed by atoms with van der Waals surface area (Å²) in [6, 6.07) is 16.5. The van der Waals surface area contributed by atoms with Crippen molar-refractivity contribution in [2.24, 2.45) is 5.92 Å². The van der Waals surface area contributed by atoms with E-state index in [0.717, 1.165) is 11.4 Å². The fraction of sp³-hybridized carbons (Fsp3) is 0.211. The first-order valence-electron chi connectivity index (χ1n) is 8.07. The molecule has 1 aromatic heterocycles. The minimum absolute atomic E-state index is 0.265. The van der Waals surface area contributed by atoms with Gasteiger partial charge in [0.25, 0.3) is 5.91 Å². The molecule has 0 aliphatic heterocycles. The average molecular weight is 353 g/mol. The summed E-state index contributed by atoms with van der Waals surface area (Å²) >= 11 is 1.40. The third-order valence-electron chi connectivity index (χ3n) is 3.37. The first kappa shape index (κ1) is 17.1. The fourth-order valence-electron chi connectivity index (χ4n) is 2.26. The Kier molecular flexibility index (Phi) is 5.40. The molecule has 5 nitrogen and oxygen atoms in total. The number of hydrogen-bond acceptors (Lipinski definition) is 5. The van der Waals surface area contributed by atoms with Gasteiger partial charge in [0.15, 0.2) is 0 Å². The van der Waals surface area contributed by atoms with E-state index in [1.807, 2.05) is 36.4 Å². The number of hydrogen-bond donors (Lipinski definition) is 1. The molecule has 1 amide bonds. The minimum atomic E-state index is -0.265. The Hall–Kier alpha value is -2.73. The number of carbonyl (C=O) groups is 1.